The molecule has 0 aromatic heterocycles. The van der Waals surface area contributed by atoms with Crippen LogP contribution in [-0.2, 0) is 26.2 Å². The Labute approximate surface area is 293 Å². The van der Waals surface area contributed by atoms with Crippen LogP contribution >= 0.6 is 0 Å². The van der Waals surface area contributed by atoms with Crippen LogP contribution < -0.4 is 9.47 Å². The molecule has 2 heterocycles. The normalized spacial score (nSPS) is 17.9. The van der Waals surface area contributed by atoms with Gasteiger partial charge in [-0.2, -0.15) is 0 Å². The van der Waals surface area contributed by atoms with Gasteiger partial charge in [0.2, 0.25) is 0 Å². The SMILES string of the molecule is Cc1cc2c(O)c(c1)CN1CCN(Cc3ccccc3OCCOc3ccccc3C1)Cc1cc(C)cc(c1O)C=Nc1ccccc1N=C2. The van der Waals surface area contributed by atoms with Gasteiger partial charge in [0.25, 0.3) is 0 Å². The van der Waals surface area contributed by atoms with E-state index in [2.05, 4.69) is 34.1 Å². The molecule has 0 aliphatic carbocycles. The van der Waals surface area contributed by atoms with Crippen molar-refractivity contribution in [2.75, 3.05) is 26.3 Å². The fourth-order valence-corrected chi connectivity index (χ4v) is 6.69. The van der Waals surface area contributed by atoms with Crippen molar-refractivity contribution in [1.29, 1.82) is 0 Å². The summed E-state index contributed by atoms with van der Waals surface area (Å²) in [5.74, 6) is 2.06. The minimum absolute atomic E-state index is 0.212. The summed E-state index contributed by atoms with van der Waals surface area (Å²) in [6.07, 6.45) is 3.41. The molecule has 2 atom stereocenters. The minimum Gasteiger partial charge on any atom is -0.507 e. The summed E-state index contributed by atoms with van der Waals surface area (Å²) in [4.78, 5) is 14.2. The van der Waals surface area contributed by atoms with Gasteiger partial charge in [-0.05, 0) is 61.4 Å². The Morgan fingerprint density at radius 2 is 0.920 bits per heavy atom. The number of aromatic hydroxyl groups is 2. The number of fused-ring (bicyclic) bond motifs is 10. The number of hydrogen-bond donors (Lipinski definition) is 2. The number of nitrogens with zero attached hydrogens (tertiary/aromatic N) is 4. The highest BCUT2D eigenvalue weighted by Crippen LogP contribution is 2.33. The zero-order valence-corrected chi connectivity index (χ0v) is 28.5. The number of hydrogen-bond acceptors (Lipinski definition) is 8. The predicted octanol–water partition coefficient (Wildman–Crippen LogP) is 8.01. The fourth-order valence-electron chi connectivity index (χ4n) is 6.69. The van der Waals surface area contributed by atoms with E-state index in [1.165, 1.54) is 0 Å². The lowest BCUT2D eigenvalue weighted by atomic mass is 10.0. The van der Waals surface area contributed by atoms with Gasteiger partial charge in [0.05, 0.1) is 11.4 Å². The summed E-state index contributed by atoms with van der Waals surface area (Å²) in [6.45, 7) is 8.50. The molecule has 2 N–H and O–H groups in total. The van der Waals surface area contributed by atoms with Gasteiger partial charge in [-0.1, -0.05) is 60.7 Å². The third-order valence-corrected chi connectivity index (χ3v) is 9.14. The van der Waals surface area contributed by atoms with E-state index in [1.54, 1.807) is 12.4 Å². The van der Waals surface area contributed by atoms with Gasteiger partial charge >= 0.3 is 0 Å². The van der Waals surface area contributed by atoms with Crippen molar-refractivity contribution in [2.24, 2.45) is 9.98 Å². The average Bonchev–Trinajstić information content (AvgIpc) is 3.11. The maximum atomic E-state index is 11.6. The van der Waals surface area contributed by atoms with Crippen molar-refractivity contribution in [1.82, 2.24) is 9.80 Å². The van der Waals surface area contributed by atoms with Crippen LogP contribution in [0.4, 0.5) is 11.4 Å². The summed E-state index contributed by atoms with van der Waals surface area (Å²) < 4.78 is 12.5. The summed E-state index contributed by atoms with van der Waals surface area (Å²) in [5.41, 5.74) is 8.44. The van der Waals surface area contributed by atoms with Crippen molar-refractivity contribution in [3.63, 3.8) is 0 Å². The Hall–Kier alpha value is -5.44. The van der Waals surface area contributed by atoms with Gasteiger partial charge in [0, 0.05) is 85.1 Å². The highest BCUT2D eigenvalue weighted by atomic mass is 16.5. The van der Waals surface area contributed by atoms with Crippen LogP contribution in [0.25, 0.3) is 0 Å². The third kappa shape index (κ3) is 7.72. The van der Waals surface area contributed by atoms with Gasteiger partial charge in [-0.3, -0.25) is 19.8 Å². The number of phenolic OH excluding ortho intramolecular Hbond substituents is 2. The van der Waals surface area contributed by atoms with Gasteiger partial charge < -0.3 is 19.7 Å². The predicted molar refractivity (Wildman–Crippen MR) is 199 cm³/mol. The van der Waals surface area contributed by atoms with Crippen molar-refractivity contribution in [3.8, 4) is 23.0 Å². The first-order valence-electron chi connectivity index (χ1n) is 17.1. The molecule has 8 heteroatoms. The Balaban J connectivity index is 1.37. The molecule has 5 aromatic rings. The van der Waals surface area contributed by atoms with E-state index in [-0.39, 0.29) is 11.5 Å². The van der Waals surface area contributed by atoms with Crippen molar-refractivity contribution in [2.45, 2.75) is 40.0 Å². The van der Waals surface area contributed by atoms with Crippen LogP contribution in [0.3, 0.4) is 0 Å². The van der Waals surface area contributed by atoms with E-state index in [0.717, 1.165) is 44.9 Å². The van der Waals surface area contributed by atoms with Crippen molar-refractivity contribution >= 4 is 23.8 Å². The molecule has 8 nitrogen and oxygen atoms in total. The highest BCUT2D eigenvalue weighted by Gasteiger charge is 2.20. The third-order valence-electron chi connectivity index (χ3n) is 9.14. The summed E-state index contributed by atoms with van der Waals surface area (Å²) >= 11 is 0. The lowest BCUT2D eigenvalue weighted by Gasteiger charge is -2.30. The molecule has 2 aliphatic heterocycles. The molecule has 2 aliphatic rings. The van der Waals surface area contributed by atoms with E-state index in [1.807, 2.05) is 86.6 Å². The Bertz CT molecular complexity index is 1910. The largest absolute Gasteiger partial charge is 0.507 e. The first-order valence-corrected chi connectivity index (χ1v) is 17.1. The number of ether oxygens (including phenoxy) is 2. The molecule has 0 radical (unpaired) electrons. The van der Waals surface area contributed by atoms with Crippen molar-refractivity contribution < 1.29 is 19.7 Å². The number of aryl methyl sites for hydroxylation is 2. The molecular formula is C42H42N4O4. The van der Waals surface area contributed by atoms with E-state index < -0.39 is 0 Å². The highest BCUT2D eigenvalue weighted by molar-refractivity contribution is 5.90. The quantitative estimate of drug-likeness (QED) is 0.174. The number of para-hydroxylation sites is 4. The van der Waals surface area contributed by atoms with E-state index >= 15 is 0 Å². The molecule has 254 valence electrons. The molecule has 5 aromatic carbocycles. The van der Waals surface area contributed by atoms with Crippen LogP contribution in [0, 0.1) is 13.8 Å². The Kier molecular flexibility index (Phi) is 9.91. The molecule has 7 rings (SSSR count). The monoisotopic (exact) mass is 666 g/mol. The second-order valence-electron chi connectivity index (χ2n) is 13.1. The average molecular weight is 667 g/mol. The van der Waals surface area contributed by atoms with E-state index in [0.29, 0.717) is 75.0 Å². The number of benzene rings is 5. The summed E-state index contributed by atoms with van der Waals surface area (Å²) in [5, 5.41) is 23.3. The Morgan fingerprint density at radius 1 is 0.520 bits per heavy atom. The molecule has 50 heavy (non-hydrogen) atoms. The number of rotatable bonds is 0. The van der Waals surface area contributed by atoms with Gasteiger partial charge in [-0.25, -0.2) is 0 Å². The van der Waals surface area contributed by atoms with Crippen LogP contribution in [-0.4, -0.2) is 58.7 Å². The summed E-state index contributed by atoms with van der Waals surface area (Å²) in [6, 6.07) is 31.9. The second-order valence-corrected chi connectivity index (χ2v) is 13.1. The van der Waals surface area contributed by atoms with Crippen molar-refractivity contribution in [3.05, 3.63) is 142 Å². The summed E-state index contributed by atoms with van der Waals surface area (Å²) in [7, 11) is 0. The zero-order valence-electron chi connectivity index (χ0n) is 28.5. The molecule has 0 spiro atoms. The maximum Gasteiger partial charge on any atom is 0.128 e. The first kappa shape index (κ1) is 33.1. The minimum atomic E-state index is 0.212. The molecule has 6 bridgehead atoms. The topological polar surface area (TPSA) is 90.1 Å². The molecule has 0 amide bonds. The van der Waals surface area contributed by atoms with Gasteiger partial charge in [0.15, 0.2) is 0 Å². The number of aliphatic imine (C=N–C) groups is 2. The van der Waals surface area contributed by atoms with E-state index in [9.17, 15) is 10.2 Å². The van der Waals surface area contributed by atoms with E-state index in [4.69, 9.17) is 19.5 Å². The molecule has 0 saturated carbocycles. The molecule has 0 saturated heterocycles. The maximum absolute atomic E-state index is 11.6. The lowest BCUT2D eigenvalue weighted by Crippen LogP contribution is -2.35. The fraction of sp³-hybridized carbons (Fsp3) is 0.238. The molecule has 0 fully saturated rings. The zero-order chi connectivity index (χ0) is 34.5. The van der Waals surface area contributed by atoms with Crippen LogP contribution in [0.5, 0.6) is 23.0 Å². The van der Waals surface area contributed by atoms with Crippen LogP contribution in [0.2, 0.25) is 0 Å². The Morgan fingerprint density at radius 3 is 1.38 bits per heavy atom. The van der Waals surface area contributed by atoms with Gasteiger partial charge in [0.1, 0.15) is 36.2 Å². The van der Waals surface area contributed by atoms with Gasteiger partial charge in [-0.15, -0.1) is 0 Å². The number of phenols is 2. The standard InChI is InChI=1S/C42H42N4O4/c1-29-19-33-23-43-37-11-5-6-12-38(37)44-24-34-20-30(2)22-36(42(34)48)28-46-16-15-45(27-35(21-29)41(33)47)25-31-9-3-7-13-39(31)49-17-18-50-40-14-8-4-10-32(40)26-46/h3-14,19-24,47-48H,15-18,25-28H2,1-2H3. The lowest BCUT2D eigenvalue weighted by molar-refractivity contribution is 0.169. The smallest absolute Gasteiger partial charge is 0.128 e. The molecule has 2 unspecified atom stereocenters. The van der Waals surface area contributed by atoms with Crippen LogP contribution in [0.15, 0.2) is 107 Å². The van der Waals surface area contributed by atoms with Crippen LogP contribution in [0.1, 0.15) is 44.5 Å². The second kappa shape index (κ2) is 15.0. The first-order chi connectivity index (χ1) is 24.4. The molecular weight excluding hydrogens is 624 g/mol.